The van der Waals surface area contributed by atoms with Gasteiger partial charge >= 0.3 is 0 Å². The Bertz CT molecular complexity index is 782. The van der Waals surface area contributed by atoms with E-state index in [1.165, 1.54) is 22.6 Å². The van der Waals surface area contributed by atoms with Crippen molar-refractivity contribution in [3.63, 3.8) is 0 Å². The predicted octanol–water partition coefficient (Wildman–Crippen LogP) is 2.37. The molecule has 0 atom stereocenters. The van der Waals surface area contributed by atoms with Gasteiger partial charge in [-0.3, -0.25) is 15.1 Å². The van der Waals surface area contributed by atoms with Crippen molar-refractivity contribution in [2.24, 2.45) is 5.10 Å². The molecule has 3 rings (SSSR count). The van der Waals surface area contributed by atoms with Crippen molar-refractivity contribution in [3.8, 4) is 0 Å². The minimum absolute atomic E-state index is 0.0981. The summed E-state index contributed by atoms with van der Waals surface area (Å²) in [5.41, 5.74) is 3.18. The first-order valence-corrected chi connectivity index (χ1v) is 9.02. The second-order valence-electron chi connectivity index (χ2n) is 6.50. The summed E-state index contributed by atoms with van der Waals surface area (Å²) in [7, 11) is 0. The summed E-state index contributed by atoms with van der Waals surface area (Å²) in [6.45, 7) is 6.78. The minimum Gasteiger partial charge on any atom is -0.328 e. The number of non-ortho nitro benzene ring substituents is 1. The second-order valence-corrected chi connectivity index (χ2v) is 6.93. The Morgan fingerprint density at radius 1 is 1.15 bits per heavy atom. The van der Waals surface area contributed by atoms with Gasteiger partial charge in [0.25, 0.3) is 5.69 Å². The number of hydrogen-bond acceptors (Lipinski definition) is 4. The fourth-order valence-corrected chi connectivity index (χ4v) is 3.20. The van der Waals surface area contributed by atoms with Gasteiger partial charge in [0, 0.05) is 22.7 Å². The number of halogens is 1. The van der Waals surface area contributed by atoms with Gasteiger partial charge < -0.3 is 4.90 Å². The summed E-state index contributed by atoms with van der Waals surface area (Å²) in [5.74, 6) is 0. The molecule has 1 aliphatic rings. The molecule has 0 saturated carbocycles. The monoisotopic (exact) mass is 373 g/mol. The molecule has 0 spiro atoms. The molecule has 1 fully saturated rings. The quantitative estimate of drug-likeness (QED) is 0.497. The fourth-order valence-electron chi connectivity index (χ4n) is 3.07. The van der Waals surface area contributed by atoms with Crippen molar-refractivity contribution >= 4 is 23.0 Å². The predicted molar refractivity (Wildman–Crippen MR) is 103 cm³/mol. The van der Waals surface area contributed by atoms with E-state index in [1.54, 1.807) is 12.1 Å². The summed E-state index contributed by atoms with van der Waals surface area (Å²) in [6.07, 6.45) is 0. The van der Waals surface area contributed by atoms with Crippen molar-refractivity contribution in [1.82, 2.24) is 5.01 Å². The van der Waals surface area contributed by atoms with E-state index in [2.05, 4.69) is 22.2 Å². The maximum absolute atomic E-state index is 10.7. The Balaban J connectivity index is 1.54. The fraction of sp³-hybridized carbons (Fsp3) is 0.316. The van der Waals surface area contributed by atoms with Gasteiger partial charge in [-0.2, -0.15) is 5.10 Å². The number of hydrazone groups is 1. The van der Waals surface area contributed by atoms with E-state index < -0.39 is 0 Å². The van der Waals surface area contributed by atoms with E-state index in [1.807, 2.05) is 19.1 Å². The average molecular weight is 374 g/mol. The Kier molecular flexibility index (Phi) is 5.85. The lowest BCUT2D eigenvalue weighted by molar-refractivity contribution is -0.918. The molecule has 1 N–H and O–H groups in total. The van der Waals surface area contributed by atoms with Gasteiger partial charge in [-0.15, -0.1) is 0 Å². The first kappa shape index (κ1) is 18.4. The van der Waals surface area contributed by atoms with Gasteiger partial charge in [-0.25, -0.2) is 0 Å². The number of nitrogens with one attached hydrogen (secondary N) is 1. The lowest BCUT2D eigenvalue weighted by Gasteiger charge is -2.31. The highest BCUT2D eigenvalue weighted by atomic mass is 35.5. The number of rotatable bonds is 5. The van der Waals surface area contributed by atoms with Crippen LogP contribution < -0.4 is 4.90 Å². The molecule has 1 saturated heterocycles. The van der Waals surface area contributed by atoms with Gasteiger partial charge in [0.1, 0.15) is 6.54 Å². The van der Waals surface area contributed by atoms with Crippen LogP contribution in [0.15, 0.2) is 53.6 Å². The third-order valence-electron chi connectivity index (χ3n) is 4.60. The van der Waals surface area contributed by atoms with E-state index in [4.69, 9.17) is 11.6 Å². The Labute approximate surface area is 157 Å². The number of benzene rings is 2. The smallest absolute Gasteiger partial charge is 0.269 e. The Morgan fingerprint density at radius 3 is 2.35 bits per heavy atom. The van der Waals surface area contributed by atoms with Crippen LogP contribution in [0.25, 0.3) is 0 Å². The largest absolute Gasteiger partial charge is 0.328 e. The first-order chi connectivity index (χ1) is 12.5. The van der Waals surface area contributed by atoms with Gasteiger partial charge in [-0.05, 0) is 36.8 Å². The highest BCUT2D eigenvalue weighted by Crippen LogP contribution is 2.13. The van der Waals surface area contributed by atoms with E-state index in [0.717, 1.165) is 49.0 Å². The summed E-state index contributed by atoms with van der Waals surface area (Å²) >= 11 is 5.94. The van der Waals surface area contributed by atoms with E-state index >= 15 is 0 Å². The van der Waals surface area contributed by atoms with Gasteiger partial charge in [-0.1, -0.05) is 23.7 Å². The normalized spacial score (nSPS) is 15.9. The summed E-state index contributed by atoms with van der Waals surface area (Å²) in [5, 5.41) is 18.3. The van der Waals surface area contributed by atoms with E-state index in [-0.39, 0.29) is 10.6 Å². The SMILES string of the molecule is C/C(=N/N1CC[NH+](Cc2ccc(Cl)cc2)CC1)c1ccc([N+](=O)[O-])cc1. The second kappa shape index (κ2) is 8.29. The van der Waals surface area contributed by atoms with Crippen molar-refractivity contribution in [2.75, 3.05) is 26.2 Å². The van der Waals surface area contributed by atoms with Crippen molar-refractivity contribution in [3.05, 3.63) is 74.8 Å². The van der Waals surface area contributed by atoms with E-state index in [0.29, 0.717) is 0 Å². The van der Waals surface area contributed by atoms with Crippen molar-refractivity contribution in [1.29, 1.82) is 0 Å². The molecule has 0 bridgehead atoms. The first-order valence-electron chi connectivity index (χ1n) is 8.64. The summed E-state index contributed by atoms with van der Waals surface area (Å²) in [4.78, 5) is 11.9. The van der Waals surface area contributed by atoms with Crippen LogP contribution in [0.3, 0.4) is 0 Å². The van der Waals surface area contributed by atoms with Gasteiger partial charge in [0.05, 0.1) is 36.8 Å². The molecule has 2 aromatic carbocycles. The zero-order valence-electron chi connectivity index (χ0n) is 14.7. The topological polar surface area (TPSA) is 63.2 Å². The molecule has 136 valence electrons. The standard InChI is InChI=1S/C19H21ClN4O2/c1-15(17-4-8-19(9-5-17)24(25)26)21-23-12-10-22(11-13-23)14-16-2-6-18(20)7-3-16/h2-9H,10-14H2,1H3/p+1/b21-15-. The van der Waals surface area contributed by atoms with Crippen LogP contribution in [0.1, 0.15) is 18.1 Å². The van der Waals surface area contributed by atoms with Crippen LogP contribution in [-0.4, -0.2) is 41.8 Å². The molecular weight excluding hydrogens is 352 g/mol. The molecule has 0 amide bonds. The molecule has 0 unspecified atom stereocenters. The third-order valence-corrected chi connectivity index (χ3v) is 4.85. The number of nitro groups is 1. The lowest BCUT2D eigenvalue weighted by atomic mass is 10.1. The number of piperazine rings is 1. The number of nitrogens with zero attached hydrogens (tertiary/aromatic N) is 3. The lowest BCUT2D eigenvalue weighted by Crippen LogP contribution is -3.13. The van der Waals surface area contributed by atoms with Crippen LogP contribution >= 0.6 is 11.6 Å². The molecule has 26 heavy (non-hydrogen) atoms. The third kappa shape index (κ3) is 4.80. The van der Waals surface area contributed by atoms with Crippen molar-refractivity contribution < 1.29 is 9.82 Å². The van der Waals surface area contributed by atoms with Crippen LogP contribution in [0.2, 0.25) is 5.02 Å². The molecule has 2 aromatic rings. The Hall–Kier alpha value is -2.44. The van der Waals surface area contributed by atoms with Gasteiger partial charge in [0.15, 0.2) is 0 Å². The molecule has 1 aliphatic heterocycles. The highest BCUT2D eigenvalue weighted by molar-refractivity contribution is 6.30. The molecule has 0 aliphatic carbocycles. The van der Waals surface area contributed by atoms with E-state index in [9.17, 15) is 10.1 Å². The van der Waals surface area contributed by atoms with Crippen LogP contribution in [0, 0.1) is 10.1 Å². The van der Waals surface area contributed by atoms with Crippen LogP contribution in [0.4, 0.5) is 5.69 Å². The molecule has 0 radical (unpaired) electrons. The van der Waals surface area contributed by atoms with Crippen LogP contribution in [-0.2, 0) is 6.54 Å². The number of nitro benzene ring substituents is 1. The zero-order chi connectivity index (χ0) is 18.5. The average Bonchev–Trinajstić information content (AvgIpc) is 2.65. The number of quaternary nitrogens is 1. The molecule has 7 heteroatoms. The molecular formula is C19H22ClN4O2+. The van der Waals surface area contributed by atoms with Crippen molar-refractivity contribution in [2.45, 2.75) is 13.5 Å². The van der Waals surface area contributed by atoms with Crippen LogP contribution in [0.5, 0.6) is 0 Å². The van der Waals surface area contributed by atoms with Gasteiger partial charge in [0.2, 0.25) is 0 Å². The molecule has 1 heterocycles. The molecule has 0 aromatic heterocycles. The molecule has 6 nitrogen and oxygen atoms in total. The summed E-state index contributed by atoms with van der Waals surface area (Å²) in [6, 6.07) is 14.6. The number of hydrogen-bond donors (Lipinski definition) is 1. The maximum atomic E-state index is 10.7. The Morgan fingerprint density at radius 2 is 1.77 bits per heavy atom. The summed E-state index contributed by atoms with van der Waals surface area (Å²) < 4.78 is 0. The highest BCUT2D eigenvalue weighted by Gasteiger charge is 2.19. The zero-order valence-corrected chi connectivity index (χ0v) is 15.4. The minimum atomic E-state index is -0.390. The maximum Gasteiger partial charge on any atom is 0.269 e.